The number of hydrogen-bond acceptors (Lipinski definition) is 5. The van der Waals surface area contributed by atoms with Crippen LogP contribution in [0, 0.1) is 23.2 Å². The Hall–Kier alpha value is -2.74. The van der Waals surface area contributed by atoms with Gasteiger partial charge >= 0.3 is 5.97 Å². The summed E-state index contributed by atoms with van der Waals surface area (Å²) < 4.78 is 15.9. The molecule has 5 nitrogen and oxygen atoms in total. The van der Waals surface area contributed by atoms with Crippen LogP contribution in [0.4, 0.5) is 0 Å². The van der Waals surface area contributed by atoms with Gasteiger partial charge in [0.25, 0.3) is 0 Å². The third-order valence-corrected chi connectivity index (χ3v) is 4.25. The highest BCUT2D eigenvalue weighted by molar-refractivity contribution is 5.87. The topological polar surface area (TPSA) is 68.6 Å². The molecule has 0 saturated heterocycles. The highest BCUT2D eigenvalue weighted by atomic mass is 16.5. The van der Waals surface area contributed by atoms with Crippen LogP contribution in [0.1, 0.15) is 25.3 Å². The van der Waals surface area contributed by atoms with Gasteiger partial charge in [0.1, 0.15) is 6.07 Å². The lowest BCUT2D eigenvalue weighted by Crippen LogP contribution is -2.21. The molecule has 2 atom stereocenters. The molecular formula is C20H23NO4. The molecule has 0 bridgehead atoms. The molecule has 0 heterocycles. The van der Waals surface area contributed by atoms with Crippen molar-refractivity contribution in [2.75, 3.05) is 20.3 Å². The molecule has 1 aliphatic carbocycles. The van der Waals surface area contributed by atoms with Gasteiger partial charge in [-0.15, -0.1) is 0 Å². The summed E-state index contributed by atoms with van der Waals surface area (Å²) in [6.07, 6.45) is 9.41. The van der Waals surface area contributed by atoms with Gasteiger partial charge in [-0.1, -0.05) is 25.1 Å². The van der Waals surface area contributed by atoms with E-state index in [0.717, 1.165) is 18.4 Å². The number of rotatable bonds is 7. The van der Waals surface area contributed by atoms with Crippen molar-refractivity contribution < 1.29 is 19.0 Å². The fourth-order valence-corrected chi connectivity index (χ4v) is 2.66. The van der Waals surface area contributed by atoms with Gasteiger partial charge in [-0.25, -0.2) is 4.79 Å². The van der Waals surface area contributed by atoms with Crippen LogP contribution >= 0.6 is 0 Å². The molecule has 1 aromatic carbocycles. The molecule has 1 aromatic rings. The van der Waals surface area contributed by atoms with Crippen molar-refractivity contribution >= 4 is 12.0 Å². The SMILES string of the molecule is COc1cc(C=CC(=O)OCC2CC=CCC2C)ccc1OCC#N. The lowest BCUT2D eigenvalue weighted by atomic mass is 9.85. The molecule has 0 radical (unpaired) electrons. The largest absolute Gasteiger partial charge is 0.493 e. The minimum atomic E-state index is -0.356. The maximum Gasteiger partial charge on any atom is 0.330 e. The van der Waals surface area contributed by atoms with Crippen LogP contribution in [-0.2, 0) is 9.53 Å². The fraction of sp³-hybridized carbons (Fsp3) is 0.400. The summed E-state index contributed by atoms with van der Waals surface area (Å²) in [6, 6.07) is 7.14. The number of allylic oxidation sites excluding steroid dienone is 2. The maximum atomic E-state index is 11.9. The number of methoxy groups -OCH3 is 1. The quantitative estimate of drug-likeness (QED) is 0.429. The number of carbonyl (C=O) groups is 1. The standard InChI is InChI=1S/C20H23NO4/c1-15-5-3-4-6-17(15)14-25-20(22)10-8-16-7-9-18(24-12-11-21)19(13-16)23-2/h3-4,7-10,13,15,17H,5-6,12,14H2,1-2H3. The summed E-state index contributed by atoms with van der Waals surface area (Å²) in [7, 11) is 1.52. The van der Waals surface area contributed by atoms with E-state index >= 15 is 0 Å². The summed E-state index contributed by atoms with van der Waals surface area (Å²) >= 11 is 0. The van der Waals surface area contributed by atoms with Crippen LogP contribution in [0.15, 0.2) is 36.4 Å². The van der Waals surface area contributed by atoms with E-state index in [1.54, 1.807) is 24.3 Å². The first-order chi connectivity index (χ1) is 12.1. The van der Waals surface area contributed by atoms with Crippen molar-refractivity contribution in [1.82, 2.24) is 0 Å². The molecule has 2 unspecified atom stereocenters. The van der Waals surface area contributed by atoms with Crippen molar-refractivity contribution in [3.05, 3.63) is 42.0 Å². The summed E-state index contributed by atoms with van der Waals surface area (Å²) in [5.41, 5.74) is 0.784. The molecule has 2 rings (SSSR count). The maximum absolute atomic E-state index is 11.9. The van der Waals surface area contributed by atoms with E-state index in [1.165, 1.54) is 13.2 Å². The van der Waals surface area contributed by atoms with Crippen LogP contribution in [0.3, 0.4) is 0 Å². The third-order valence-electron chi connectivity index (χ3n) is 4.25. The van der Waals surface area contributed by atoms with Crippen LogP contribution in [-0.4, -0.2) is 26.3 Å². The Morgan fingerprint density at radius 3 is 2.84 bits per heavy atom. The van der Waals surface area contributed by atoms with E-state index in [-0.39, 0.29) is 12.6 Å². The van der Waals surface area contributed by atoms with Gasteiger partial charge in [0, 0.05) is 6.08 Å². The van der Waals surface area contributed by atoms with Gasteiger partial charge in [0.05, 0.1) is 13.7 Å². The highest BCUT2D eigenvalue weighted by Gasteiger charge is 2.19. The van der Waals surface area contributed by atoms with Crippen LogP contribution in [0.25, 0.3) is 6.08 Å². The summed E-state index contributed by atoms with van der Waals surface area (Å²) in [5, 5.41) is 8.57. The summed E-state index contributed by atoms with van der Waals surface area (Å²) in [4.78, 5) is 11.9. The molecule has 0 aromatic heterocycles. The van der Waals surface area contributed by atoms with E-state index in [9.17, 15) is 4.79 Å². The molecule has 1 aliphatic rings. The molecule has 0 fully saturated rings. The molecule has 0 saturated carbocycles. The van der Waals surface area contributed by atoms with Crippen molar-refractivity contribution in [2.45, 2.75) is 19.8 Å². The van der Waals surface area contributed by atoms with Gasteiger partial charge in [-0.2, -0.15) is 5.26 Å². The van der Waals surface area contributed by atoms with Gasteiger partial charge < -0.3 is 14.2 Å². The molecular weight excluding hydrogens is 318 g/mol. The van der Waals surface area contributed by atoms with Crippen molar-refractivity contribution in [1.29, 1.82) is 5.26 Å². The Labute approximate surface area is 148 Å². The second kappa shape index (κ2) is 9.53. The number of ether oxygens (including phenoxy) is 3. The second-order valence-electron chi connectivity index (χ2n) is 6.00. The van der Waals surface area contributed by atoms with Crippen molar-refractivity contribution in [3.8, 4) is 17.6 Å². The van der Waals surface area contributed by atoms with E-state index in [0.29, 0.717) is 29.9 Å². The first-order valence-corrected chi connectivity index (χ1v) is 8.31. The number of carbonyl (C=O) groups excluding carboxylic acids is 1. The average Bonchev–Trinajstić information content (AvgIpc) is 2.64. The Morgan fingerprint density at radius 1 is 1.32 bits per heavy atom. The monoisotopic (exact) mass is 341 g/mol. The zero-order valence-electron chi connectivity index (χ0n) is 14.6. The molecule has 0 aliphatic heterocycles. The van der Waals surface area contributed by atoms with E-state index < -0.39 is 0 Å². The summed E-state index contributed by atoms with van der Waals surface area (Å²) in [5.74, 6) is 1.56. The van der Waals surface area contributed by atoms with Gasteiger partial charge in [0.2, 0.25) is 0 Å². The highest BCUT2D eigenvalue weighted by Crippen LogP contribution is 2.28. The van der Waals surface area contributed by atoms with Crippen molar-refractivity contribution in [2.24, 2.45) is 11.8 Å². The smallest absolute Gasteiger partial charge is 0.330 e. The minimum absolute atomic E-state index is 0.0490. The van der Waals surface area contributed by atoms with E-state index in [2.05, 4.69) is 19.1 Å². The second-order valence-corrected chi connectivity index (χ2v) is 6.00. The first kappa shape index (κ1) is 18.6. The van der Waals surface area contributed by atoms with E-state index in [4.69, 9.17) is 19.5 Å². The van der Waals surface area contributed by atoms with Crippen molar-refractivity contribution in [3.63, 3.8) is 0 Å². The predicted molar refractivity (Wildman–Crippen MR) is 95.1 cm³/mol. The number of hydrogen-bond donors (Lipinski definition) is 0. The number of benzene rings is 1. The van der Waals surface area contributed by atoms with Crippen LogP contribution in [0.2, 0.25) is 0 Å². The molecule has 132 valence electrons. The number of nitriles is 1. The Bertz CT molecular complexity index is 687. The molecule has 5 heteroatoms. The van der Waals surface area contributed by atoms with Crippen LogP contribution in [0.5, 0.6) is 11.5 Å². The molecule has 0 amide bonds. The van der Waals surface area contributed by atoms with E-state index in [1.807, 2.05) is 6.07 Å². The third kappa shape index (κ3) is 5.68. The lowest BCUT2D eigenvalue weighted by Gasteiger charge is -2.24. The Kier molecular flexibility index (Phi) is 7.09. The lowest BCUT2D eigenvalue weighted by molar-refractivity contribution is -0.139. The van der Waals surface area contributed by atoms with Gasteiger partial charge in [0.15, 0.2) is 18.1 Å². The van der Waals surface area contributed by atoms with Gasteiger partial charge in [-0.05, 0) is 48.4 Å². The molecule has 25 heavy (non-hydrogen) atoms. The first-order valence-electron chi connectivity index (χ1n) is 8.31. The van der Waals surface area contributed by atoms with Crippen LogP contribution < -0.4 is 9.47 Å². The number of nitrogens with zero attached hydrogens (tertiary/aromatic N) is 1. The average molecular weight is 341 g/mol. The fourth-order valence-electron chi connectivity index (χ4n) is 2.66. The normalized spacial score (nSPS) is 19.4. The number of esters is 1. The zero-order valence-corrected chi connectivity index (χ0v) is 14.6. The minimum Gasteiger partial charge on any atom is -0.493 e. The van der Waals surface area contributed by atoms with Gasteiger partial charge in [-0.3, -0.25) is 0 Å². The molecule has 0 N–H and O–H groups in total. The Morgan fingerprint density at radius 2 is 2.12 bits per heavy atom. The zero-order chi connectivity index (χ0) is 18.1. The predicted octanol–water partition coefficient (Wildman–Crippen LogP) is 3.76. The summed E-state index contributed by atoms with van der Waals surface area (Å²) in [6.45, 7) is 2.58. The molecule has 0 spiro atoms. The Balaban J connectivity index is 1.90.